The highest BCUT2D eigenvalue weighted by Crippen LogP contribution is 2.43. The fourth-order valence-electron chi connectivity index (χ4n) is 3.11. The summed E-state index contributed by atoms with van der Waals surface area (Å²) in [5.41, 5.74) is 4.20. The van der Waals surface area contributed by atoms with Crippen molar-refractivity contribution in [2.45, 2.75) is 30.8 Å². The van der Waals surface area contributed by atoms with Gasteiger partial charge >= 0.3 is 5.97 Å². The molecule has 1 unspecified atom stereocenters. The van der Waals surface area contributed by atoms with E-state index in [1.807, 2.05) is 0 Å². The maximum Gasteiger partial charge on any atom is 0.305 e. The van der Waals surface area contributed by atoms with Crippen molar-refractivity contribution in [1.82, 2.24) is 9.88 Å². The zero-order chi connectivity index (χ0) is 22.8. The molecule has 0 bridgehead atoms. The van der Waals surface area contributed by atoms with Crippen molar-refractivity contribution in [3.8, 4) is 0 Å². The number of benzene rings is 1. The monoisotopic (exact) mass is 446 g/mol. The molecule has 11 heteroatoms. The molecule has 2 aromatic rings. The third-order valence-corrected chi connectivity index (χ3v) is 5.27. The summed E-state index contributed by atoms with van der Waals surface area (Å²) in [6.45, 7) is 0. The minimum Gasteiger partial charge on any atom is -0.481 e. The number of aromatic nitrogens is 1. The smallest absolute Gasteiger partial charge is 0.305 e. The SMILES string of the molecule is Nc1ccc(C(=O)Nc2cccn(C3(C(=O)NC(C=O)CC(=O)O)CC3)c2=O)cc1Cl. The van der Waals surface area contributed by atoms with Crippen molar-refractivity contribution in [1.29, 1.82) is 0 Å². The molecule has 0 aliphatic heterocycles. The summed E-state index contributed by atoms with van der Waals surface area (Å²) in [5, 5.41) is 13.9. The molecule has 5 N–H and O–H groups in total. The van der Waals surface area contributed by atoms with Gasteiger partial charge in [0.15, 0.2) is 0 Å². The Kier molecular flexibility index (Phi) is 6.11. The molecule has 31 heavy (non-hydrogen) atoms. The lowest BCUT2D eigenvalue weighted by atomic mass is 10.1. The lowest BCUT2D eigenvalue weighted by molar-refractivity contribution is -0.139. The minimum atomic E-state index is -1.25. The molecule has 3 rings (SSSR count). The van der Waals surface area contributed by atoms with Crippen LogP contribution in [0.15, 0.2) is 41.3 Å². The number of nitrogens with one attached hydrogen (secondary N) is 2. The number of halogens is 1. The number of hydrogen-bond donors (Lipinski definition) is 4. The summed E-state index contributed by atoms with van der Waals surface area (Å²) in [4.78, 5) is 60.0. The van der Waals surface area contributed by atoms with Gasteiger partial charge in [-0.15, -0.1) is 0 Å². The van der Waals surface area contributed by atoms with Crippen LogP contribution in [0.25, 0.3) is 0 Å². The van der Waals surface area contributed by atoms with Crippen LogP contribution in [0.2, 0.25) is 5.02 Å². The average molecular weight is 447 g/mol. The molecule has 0 saturated heterocycles. The van der Waals surface area contributed by atoms with E-state index < -0.39 is 41.3 Å². The molecule has 1 saturated carbocycles. The second-order valence-corrected chi connectivity index (χ2v) is 7.54. The first kappa shape index (κ1) is 22.0. The number of anilines is 2. The number of nitrogen functional groups attached to an aromatic ring is 1. The third kappa shape index (κ3) is 4.58. The van der Waals surface area contributed by atoms with E-state index in [-0.39, 0.29) is 16.3 Å². The van der Waals surface area contributed by atoms with Crippen LogP contribution in [-0.2, 0) is 19.9 Å². The predicted octanol–water partition coefficient (Wildman–Crippen LogP) is 0.984. The first-order valence-electron chi connectivity index (χ1n) is 9.24. The van der Waals surface area contributed by atoms with Crippen molar-refractivity contribution in [2.75, 3.05) is 11.1 Å². The normalized spacial score (nSPS) is 14.9. The van der Waals surface area contributed by atoms with Gasteiger partial charge in [0.2, 0.25) is 5.91 Å². The molecular weight excluding hydrogens is 428 g/mol. The van der Waals surface area contributed by atoms with Gasteiger partial charge in [0, 0.05) is 11.8 Å². The quantitative estimate of drug-likeness (QED) is 0.347. The van der Waals surface area contributed by atoms with Gasteiger partial charge in [0.1, 0.15) is 17.5 Å². The number of carboxylic acids is 1. The Balaban J connectivity index is 1.83. The molecule has 1 heterocycles. The topological polar surface area (TPSA) is 161 Å². The molecule has 0 radical (unpaired) electrons. The Morgan fingerprint density at radius 3 is 2.58 bits per heavy atom. The second-order valence-electron chi connectivity index (χ2n) is 7.13. The largest absolute Gasteiger partial charge is 0.481 e. The van der Waals surface area contributed by atoms with Crippen LogP contribution < -0.4 is 21.9 Å². The van der Waals surface area contributed by atoms with E-state index >= 15 is 0 Å². The summed E-state index contributed by atoms with van der Waals surface area (Å²) < 4.78 is 1.18. The Morgan fingerprint density at radius 1 is 1.29 bits per heavy atom. The fraction of sp³-hybridized carbons (Fsp3) is 0.250. The van der Waals surface area contributed by atoms with Gasteiger partial charge in [0.05, 0.1) is 23.2 Å². The van der Waals surface area contributed by atoms with Gasteiger partial charge in [-0.2, -0.15) is 0 Å². The number of carbonyl (C=O) groups is 4. The predicted molar refractivity (Wildman–Crippen MR) is 112 cm³/mol. The lowest BCUT2D eigenvalue weighted by Gasteiger charge is -2.21. The number of pyridine rings is 1. The molecular formula is C20H19ClN4O6. The van der Waals surface area contributed by atoms with E-state index in [4.69, 9.17) is 22.4 Å². The highest BCUT2D eigenvalue weighted by Gasteiger charge is 2.53. The zero-order valence-corrected chi connectivity index (χ0v) is 16.9. The molecule has 10 nitrogen and oxygen atoms in total. The van der Waals surface area contributed by atoms with Gasteiger partial charge in [-0.05, 0) is 43.2 Å². The first-order valence-corrected chi connectivity index (χ1v) is 9.62. The van der Waals surface area contributed by atoms with E-state index in [0.717, 1.165) is 0 Å². The van der Waals surface area contributed by atoms with Crippen molar-refractivity contribution < 1.29 is 24.3 Å². The van der Waals surface area contributed by atoms with Gasteiger partial charge in [-0.25, -0.2) is 0 Å². The van der Waals surface area contributed by atoms with Gasteiger partial charge < -0.3 is 26.3 Å². The zero-order valence-electron chi connectivity index (χ0n) is 16.1. The van der Waals surface area contributed by atoms with Gasteiger partial charge in [0.25, 0.3) is 11.5 Å². The molecule has 2 amide bonds. The Morgan fingerprint density at radius 2 is 2.00 bits per heavy atom. The van der Waals surface area contributed by atoms with E-state index in [1.165, 1.54) is 41.1 Å². The van der Waals surface area contributed by atoms with Gasteiger partial charge in [-0.3, -0.25) is 23.7 Å². The Hall–Kier alpha value is -3.66. The van der Waals surface area contributed by atoms with E-state index in [9.17, 15) is 24.0 Å². The number of hydrogen-bond acceptors (Lipinski definition) is 6. The summed E-state index contributed by atoms with van der Waals surface area (Å²) in [7, 11) is 0. The maximum absolute atomic E-state index is 12.9. The molecule has 1 aromatic heterocycles. The number of amides is 2. The number of nitrogens with two attached hydrogens (primary N) is 1. The van der Waals surface area contributed by atoms with Crippen LogP contribution in [0.1, 0.15) is 29.6 Å². The molecule has 1 aromatic carbocycles. The number of nitrogens with zero attached hydrogens (tertiary/aromatic N) is 1. The summed E-state index contributed by atoms with van der Waals surface area (Å²) in [5.74, 6) is -2.47. The molecule has 1 atom stereocenters. The first-order chi connectivity index (χ1) is 14.7. The van der Waals surface area contributed by atoms with Crippen LogP contribution in [-0.4, -0.2) is 39.8 Å². The number of carboxylic acid groups (broad SMARTS) is 1. The van der Waals surface area contributed by atoms with Crippen LogP contribution in [0.5, 0.6) is 0 Å². The molecule has 1 fully saturated rings. The summed E-state index contributed by atoms with van der Waals surface area (Å²) >= 11 is 5.93. The highest BCUT2D eigenvalue weighted by molar-refractivity contribution is 6.33. The van der Waals surface area contributed by atoms with E-state index in [1.54, 1.807) is 0 Å². The number of carbonyl (C=O) groups excluding carboxylic acids is 3. The molecule has 0 spiro atoms. The van der Waals surface area contributed by atoms with Crippen LogP contribution in [0.4, 0.5) is 11.4 Å². The average Bonchev–Trinajstić information content (AvgIpc) is 3.52. The lowest BCUT2D eigenvalue weighted by Crippen LogP contribution is -2.48. The Bertz CT molecular complexity index is 1120. The third-order valence-electron chi connectivity index (χ3n) is 4.94. The van der Waals surface area contributed by atoms with Crippen LogP contribution >= 0.6 is 11.6 Å². The number of rotatable bonds is 8. The molecule has 1 aliphatic rings. The molecule has 162 valence electrons. The van der Waals surface area contributed by atoms with Crippen molar-refractivity contribution >= 4 is 47.0 Å². The van der Waals surface area contributed by atoms with Crippen molar-refractivity contribution in [3.63, 3.8) is 0 Å². The summed E-state index contributed by atoms with van der Waals surface area (Å²) in [6, 6.07) is 5.96. The van der Waals surface area contributed by atoms with E-state index in [2.05, 4.69) is 10.6 Å². The van der Waals surface area contributed by atoms with Gasteiger partial charge in [-0.1, -0.05) is 11.6 Å². The standard InChI is InChI=1S/C20H19ClN4O6/c21-13-8-11(3-4-14(13)22)17(29)24-15-2-1-7-25(18(15)30)20(5-6-20)19(31)23-12(10-26)9-16(27)28/h1-4,7-8,10,12H,5-6,9,22H2,(H,23,31)(H,24,29)(H,27,28). The van der Waals surface area contributed by atoms with E-state index in [0.29, 0.717) is 24.8 Å². The van der Waals surface area contributed by atoms with Crippen LogP contribution in [0.3, 0.4) is 0 Å². The fourth-order valence-corrected chi connectivity index (χ4v) is 3.29. The second kappa shape index (κ2) is 8.60. The van der Waals surface area contributed by atoms with Crippen LogP contribution in [0, 0.1) is 0 Å². The number of aliphatic carboxylic acids is 1. The number of aldehydes is 1. The highest BCUT2D eigenvalue weighted by atomic mass is 35.5. The summed E-state index contributed by atoms with van der Waals surface area (Å²) in [6.07, 6.45) is 1.81. The maximum atomic E-state index is 12.9. The van der Waals surface area contributed by atoms with Crippen molar-refractivity contribution in [2.24, 2.45) is 0 Å². The minimum absolute atomic E-state index is 0.0583. The van der Waals surface area contributed by atoms with Crippen molar-refractivity contribution in [3.05, 3.63) is 57.5 Å². The molecule has 1 aliphatic carbocycles. The Labute approximate surface area is 181 Å².